The molecule has 2 amide bonds. The molecular formula is C16H22N4O2. The Balaban J connectivity index is 2.13. The van der Waals surface area contributed by atoms with E-state index in [1.54, 1.807) is 10.9 Å². The predicted molar refractivity (Wildman–Crippen MR) is 86.0 cm³/mol. The van der Waals surface area contributed by atoms with Crippen LogP contribution in [0.2, 0.25) is 0 Å². The number of carbonyl (C=O) groups is 1. The molecule has 0 spiro atoms. The summed E-state index contributed by atoms with van der Waals surface area (Å²) in [5.41, 5.74) is 1.20. The van der Waals surface area contributed by atoms with Crippen molar-refractivity contribution < 1.29 is 9.90 Å². The fraction of sp³-hybridized carbons (Fsp3) is 0.375. The second kappa shape index (κ2) is 6.62. The molecule has 22 heavy (non-hydrogen) atoms. The first-order valence-corrected chi connectivity index (χ1v) is 7.19. The van der Waals surface area contributed by atoms with E-state index in [2.05, 4.69) is 15.7 Å². The molecule has 1 atom stereocenters. The highest BCUT2D eigenvalue weighted by Gasteiger charge is 2.25. The number of nitrogens with one attached hydrogen (secondary N) is 2. The summed E-state index contributed by atoms with van der Waals surface area (Å²) < 4.78 is 1.68. The average Bonchev–Trinajstić information content (AvgIpc) is 2.98. The highest BCUT2D eigenvalue weighted by atomic mass is 16.3. The fourth-order valence-corrected chi connectivity index (χ4v) is 2.04. The molecule has 0 aliphatic heterocycles. The van der Waals surface area contributed by atoms with E-state index in [9.17, 15) is 9.90 Å². The van der Waals surface area contributed by atoms with Crippen molar-refractivity contribution in [3.63, 3.8) is 0 Å². The van der Waals surface area contributed by atoms with Crippen LogP contribution in [0, 0.1) is 5.41 Å². The van der Waals surface area contributed by atoms with E-state index in [0.717, 1.165) is 5.69 Å². The third-order valence-corrected chi connectivity index (χ3v) is 3.44. The number of carbonyl (C=O) groups excluding carboxylic acids is 1. The number of rotatable bonds is 4. The molecule has 3 N–H and O–H groups in total. The Labute approximate surface area is 130 Å². The minimum atomic E-state index is -0.353. The van der Waals surface area contributed by atoms with Crippen LogP contribution in [0.5, 0.6) is 0 Å². The number of amides is 2. The number of hydrogen-bond acceptors (Lipinski definition) is 3. The van der Waals surface area contributed by atoms with Crippen LogP contribution in [-0.4, -0.2) is 33.6 Å². The topological polar surface area (TPSA) is 79.2 Å². The molecule has 1 unspecified atom stereocenters. The molecule has 0 saturated heterocycles. The Bertz CT molecular complexity index is 617. The molecular weight excluding hydrogens is 280 g/mol. The van der Waals surface area contributed by atoms with Crippen molar-refractivity contribution in [2.45, 2.75) is 26.8 Å². The molecule has 6 heteroatoms. The first-order valence-electron chi connectivity index (χ1n) is 7.19. The van der Waals surface area contributed by atoms with Crippen molar-refractivity contribution in [2.24, 2.45) is 5.41 Å². The van der Waals surface area contributed by atoms with Crippen LogP contribution in [0.4, 0.5) is 10.5 Å². The molecule has 0 aliphatic rings. The van der Waals surface area contributed by atoms with Crippen LogP contribution in [0.1, 0.15) is 20.8 Å². The van der Waals surface area contributed by atoms with E-state index in [4.69, 9.17) is 0 Å². The van der Waals surface area contributed by atoms with Gasteiger partial charge in [0.1, 0.15) is 0 Å². The maximum absolute atomic E-state index is 12.2. The number of anilines is 1. The molecule has 0 bridgehead atoms. The lowest BCUT2D eigenvalue weighted by Crippen LogP contribution is -2.47. The maximum Gasteiger partial charge on any atom is 0.319 e. The van der Waals surface area contributed by atoms with Gasteiger partial charge in [-0.2, -0.15) is 5.10 Å². The molecule has 118 valence electrons. The predicted octanol–water partition coefficient (Wildman–Crippen LogP) is 2.40. The summed E-state index contributed by atoms with van der Waals surface area (Å²) >= 11 is 0. The SMILES string of the molecule is CC(C)(C)C(CO)NC(=O)Nc1ccccc1-n1cccn1. The van der Waals surface area contributed by atoms with Gasteiger partial charge >= 0.3 is 6.03 Å². The van der Waals surface area contributed by atoms with E-state index >= 15 is 0 Å². The van der Waals surface area contributed by atoms with Gasteiger partial charge in [-0.1, -0.05) is 32.9 Å². The summed E-state index contributed by atoms with van der Waals surface area (Å²) in [5.74, 6) is 0. The van der Waals surface area contributed by atoms with Gasteiger partial charge in [0, 0.05) is 12.4 Å². The number of hydrogen-bond donors (Lipinski definition) is 3. The average molecular weight is 302 g/mol. The molecule has 0 radical (unpaired) electrons. The Kier molecular flexibility index (Phi) is 4.82. The van der Waals surface area contributed by atoms with Gasteiger partial charge in [0.2, 0.25) is 0 Å². The van der Waals surface area contributed by atoms with E-state index in [0.29, 0.717) is 5.69 Å². The molecule has 0 fully saturated rings. The third-order valence-electron chi connectivity index (χ3n) is 3.44. The quantitative estimate of drug-likeness (QED) is 0.811. The van der Waals surface area contributed by atoms with E-state index in [-0.39, 0.29) is 24.1 Å². The Morgan fingerprint density at radius 1 is 1.32 bits per heavy atom. The Morgan fingerprint density at radius 2 is 2.05 bits per heavy atom. The lowest BCUT2D eigenvalue weighted by molar-refractivity contribution is 0.162. The highest BCUT2D eigenvalue weighted by Crippen LogP contribution is 2.21. The summed E-state index contributed by atoms with van der Waals surface area (Å²) in [4.78, 5) is 12.2. The molecule has 0 aliphatic carbocycles. The van der Waals surface area contributed by atoms with Gasteiger partial charge in [-0.25, -0.2) is 9.48 Å². The second-order valence-electron chi connectivity index (χ2n) is 6.17. The summed E-state index contributed by atoms with van der Waals surface area (Å²) in [6.07, 6.45) is 3.49. The number of aliphatic hydroxyl groups excluding tert-OH is 1. The number of benzene rings is 1. The van der Waals surface area contributed by atoms with Gasteiger partial charge in [0.25, 0.3) is 0 Å². The van der Waals surface area contributed by atoms with Crippen LogP contribution >= 0.6 is 0 Å². The van der Waals surface area contributed by atoms with Crippen molar-refractivity contribution >= 4 is 11.7 Å². The number of aromatic nitrogens is 2. The van der Waals surface area contributed by atoms with E-state index in [1.807, 2.05) is 57.3 Å². The zero-order chi connectivity index (χ0) is 16.2. The van der Waals surface area contributed by atoms with Crippen LogP contribution < -0.4 is 10.6 Å². The minimum absolute atomic E-state index is 0.113. The van der Waals surface area contributed by atoms with Crippen molar-refractivity contribution in [3.8, 4) is 5.69 Å². The summed E-state index contributed by atoms with van der Waals surface area (Å²) in [6, 6.07) is 8.54. The van der Waals surface area contributed by atoms with Crippen LogP contribution in [-0.2, 0) is 0 Å². The minimum Gasteiger partial charge on any atom is -0.394 e. The summed E-state index contributed by atoms with van der Waals surface area (Å²) in [6.45, 7) is 5.78. The van der Waals surface area contributed by atoms with Crippen LogP contribution in [0.3, 0.4) is 0 Å². The summed E-state index contributed by atoms with van der Waals surface area (Å²) in [7, 11) is 0. The molecule has 2 rings (SSSR count). The monoisotopic (exact) mass is 302 g/mol. The number of urea groups is 1. The van der Waals surface area contributed by atoms with E-state index < -0.39 is 0 Å². The molecule has 1 aromatic carbocycles. The van der Waals surface area contributed by atoms with Gasteiger partial charge in [0.05, 0.1) is 24.0 Å². The normalized spacial score (nSPS) is 12.7. The lowest BCUT2D eigenvalue weighted by Gasteiger charge is -2.29. The van der Waals surface area contributed by atoms with Gasteiger partial charge in [0.15, 0.2) is 0 Å². The van der Waals surface area contributed by atoms with Gasteiger partial charge < -0.3 is 15.7 Å². The molecule has 1 heterocycles. The number of para-hydroxylation sites is 2. The maximum atomic E-state index is 12.2. The van der Waals surface area contributed by atoms with E-state index in [1.165, 1.54) is 0 Å². The third kappa shape index (κ3) is 3.85. The van der Waals surface area contributed by atoms with Gasteiger partial charge in [-0.3, -0.25) is 0 Å². The Morgan fingerprint density at radius 3 is 2.64 bits per heavy atom. The highest BCUT2D eigenvalue weighted by molar-refractivity contribution is 5.91. The second-order valence-corrected chi connectivity index (χ2v) is 6.17. The molecule has 2 aromatic rings. The van der Waals surface area contributed by atoms with Gasteiger partial charge in [-0.05, 0) is 23.6 Å². The molecule has 6 nitrogen and oxygen atoms in total. The Hall–Kier alpha value is -2.34. The van der Waals surface area contributed by atoms with Crippen LogP contribution in [0.25, 0.3) is 5.69 Å². The first-order chi connectivity index (χ1) is 10.4. The van der Waals surface area contributed by atoms with Crippen molar-refractivity contribution in [1.82, 2.24) is 15.1 Å². The number of aliphatic hydroxyl groups is 1. The van der Waals surface area contributed by atoms with Crippen molar-refractivity contribution in [2.75, 3.05) is 11.9 Å². The van der Waals surface area contributed by atoms with Crippen molar-refractivity contribution in [1.29, 1.82) is 0 Å². The standard InChI is InChI=1S/C16H22N4O2/c1-16(2,3)14(11-21)19-15(22)18-12-7-4-5-8-13(12)20-10-6-9-17-20/h4-10,14,21H,11H2,1-3H3,(H2,18,19,22). The largest absolute Gasteiger partial charge is 0.394 e. The molecule has 0 saturated carbocycles. The zero-order valence-corrected chi connectivity index (χ0v) is 13.1. The van der Waals surface area contributed by atoms with Crippen molar-refractivity contribution in [3.05, 3.63) is 42.7 Å². The lowest BCUT2D eigenvalue weighted by atomic mass is 9.87. The first kappa shape index (κ1) is 16.0. The summed E-state index contributed by atoms with van der Waals surface area (Å²) in [5, 5.41) is 19.2. The smallest absolute Gasteiger partial charge is 0.319 e. The molecule has 1 aromatic heterocycles. The number of nitrogens with zero attached hydrogens (tertiary/aromatic N) is 2. The van der Waals surface area contributed by atoms with Gasteiger partial charge in [-0.15, -0.1) is 0 Å². The zero-order valence-electron chi connectivity index (χ0n) is 13.1. The van der Waals surface area contributed by atoms with Crippen LogP contribution in [0.15, 0.2) is 42.7 Å². The fourth-order valence-electron chi connectivity index (χ4n) is 2.04.